The number of anilines is 1. The average molecular weight is 312 g/mol. The topological polar surface area (TPSA) is 72.6 Å². The molecule has 0 saturated carbocycles. The summed E-state index contributed by atoms with van der Waals surface area (Å²) in [6.07, 6.45) is 0. The number of aryl methyl sites for hydroxylation is 2. The summed E-state index contributed by atoms with van der Waals surface area (Å²) in [7, 11) is 1.72. The molecule has 2 aromatic rings. The van der Waals surface area contributed by atoms with E-state index in [1.165, 1.54) is 0 Å². The molecule has 2 N–H and O–H groups in total. The lowest BCUT2D eigenvalue weighted by Crippen LogP contribution is -2.31. The van der Waals surface area contributed by atoms with Crippen LogP contribution in [0.3, 0.4) is 0 Å². The fraction of sp³-hybridized carbons (Fsp3) is 0.222. The lowest BCUT2D eigenvalue weighted by atomic mass is 10.1. The maximum Gasteiger partial charge on any atom is 0.264 e. The van der Waals surface area contributed by atoms with Gasteiger partial charge in [-0.1, -0.05) is 6.07 Å². The molecule has 0 aromatic heterocycles. The molecule has 0 heterocycles. The molecule has 0 atom stereocenters. The first-order chi connectivity index (χ1) is 10.9. The van der Waals surface area contributed by atoms with Crippen LogP contribution in [0, 0.1) is 13.8 Å². The third-order valence-corrected chi connectivity index (χ3v) is 3.47. The predicted octanol–water partition coefficient (Wildman–Crippen LogP) is 2.44. The third-order valence-electron chi connectivity index (χ3n) is 3.47. The normalized spacial score (nSPS) is 10.2. The van der Waals surface area contributed by atoms with Gasteiger partial charge in [0, 0.05) is 18.3 Å². The van der Waals surface area contributed by atoms with E-state index in [4.69, 9.17) is 10.5 Å². The van der Waals surface area contributed by atoms with Gasteiger partial charge in [0.25, 0.3) is 5.91 Å². The summed E-state index contributed by atoms with van der Waals surface area (Å²) in [5.74, 6) is -0.145. The van der Waals surface area contributed by atoms with Crippen molar-refractivity contribution in [2.45, 2.75) is 13.8 Å². The van der Waals surface area contributed by atoms with Gasteiger partial charge in [-0.05, 0) is 61.4 Å². The quantitative estimate of drug-likeness (QED) is 0.921. The molecule has 0 saturated heterocycles. The van der Waals surface area contributed by atoms with Gasteiger partial charge in [0.05, 0.1) is 0 Å². The molecule has 5 heteroatoms. The zero-order valence-corrected chi connectivity index (χ0v) is 13.5. The van der Waals surface area contributed by atoms with Crippen molar-refractivity contribution in [3.05, 3.63) is 59.2 Å². The smallest absolute Gasteiger partial charge is 0.264 e. The van der Waals surface area contributed by atoms with Crippen molar-refractivity contribution in [2.75, 3.05) is 18.6 Å². The fourth-order valence-electron chi connectivity index (χ4n) is 2.25. The van der Waals surface area contributed by atoms with Crippen molar-refractivity contribution < 1.29 is 14.3 Å². The molecule has 0 aliphatic heterocycles. The van der Waals surface area contributed by atoms with Gasteiger partial charge in [-0.25, -0.2) is 0 Å². The lowest BCUT2D eigenvalue weighted by Gasteiger charge is -2.19. The standard InChI is InChI=1S/C18H20N2O3/c1-12-8-13(2)10-15(9-12)20(3)17(21)11-23-16-6-4-14(5-7-16)18(19)22/h4-10H,11H2,1-3H3,(H2,19,22). The van der Waals surface area contributed by atoms with Crippen LogP contribution in [0.1, 0.15) is 21.5 Å². The molecule has 0 fully saturated rings. The Balaban J connectivity index is 1.99. The number of rotatable bonds is 5. The van der Waals surface area contributed by atoms with Crippen molar-refractivity contribution in [1.29, 1.82) is 0 Å². The molecular formula is C18H20N2O3. The minimum Gasteiger partial charge on any atom is -0.484 e. The van der Waals surface area contributed by atoms with Gasteiger partial charge in [-0.3, -0.25) is 9.59 Å². The second kappa shape index (κ2) is 6.96. The number of carbonyl (C=O) groups excluding carboxylic acids is 2. The molecule has 0 spiro atoms. The summed E-state index contributed by atoms with van der Waals surface area (Å²) in [6, 6.07) is 12.3. The van der Waals surface area contributed by atoms with E-state index in [0.29, 0.717) is 11.3 Å². The second-order valence-corrected chi connectivity index (χ2v) is 5.48. The van der Waals surface area contributed by atoms with Crippen LogP contribution in [-0.4, -0.2) is 25.5 Å². The number of primary amides is 1. The highest BCUT2D eigenvalue weighted by Crippen LogP contribution is 2.18. The van der Waals surface area contributed by atoms with Crippen molar-refractivity contribution in [3.8, 4) is 5.75 Å². The van der Waals surface area contributed by atoms with Gasteiger partial charge < -0.3 is 15.4 Å². The van der Waals surface area contributed by atoms with E-state index in [9.17, 15) is 9.59 Å². The van der Waals surface area contributed by atoms with E-state index in [2.05, 4.69) is 6.07 Å². The van der Waals surface area contributed by atoms with Crippen molar-refractivity contribution >= 4 is 17.5 Å². The number of likely N-dealkylation sites (N-methyl/N-ethyl adjacent to an activating group) is 1. The highest BCUT2D eigenvalue weighted by molar-refractivity contribution is 5.94. The molecule has 23 heavy (non-hydrogen) atoms. The molecule has 2 amide bonds. The van der Waals surface area contributed by atoms with Gasteiger partial charge in [0.2, 0.25) is 5.91 Å². The van der Waals surface area contributed by atoms with Crippen molar-refractivity contribution in [2.24, 2.45) is 5.73 Å². The van der Waals surface area contributed by atoms with E-state index in [1.807, 2.05) is 26.0 Å². The fourth-order valence-corrected chi connectivity index (χ4v) is 2.25. The van der Waals surface area contributed by atoms with Gasteiger partial charge in [-0.2, -0.15) is 0 Å². The highest BCUT2D eigenvalue weighted by Gasteiger charge is 2.12. The third kappa shape index (κ3) is 4.32. The zero-order chi connectivity index (χ0) is 17.0. The van der Waals surface area contributed by atoms with E-state index in [0.717, 1.165) is 16.8 Å². The van der Waals surface area contributed by atoms with Crippen LogP contribution in [0.2, 0.25) is 0 Å². The monoisotopic (exact) mass is 312 g/mol. The van der Waals surface area contributed by atoms with Gasteiger partial charge in [0.15, 0.2) is 6.61 Å². The van der Waals surface area contributed by atoms with Gasteiger partial charge in [0.1, 0.15) is 5.75 Å². The Hall–Kier alpha value is -2.82. The predicted molar refractivity (Wildman–Crippen MR) is 89.8 cm³/mol. The van der Waals surface area contributed by atoms with Crippen molar-refractivity contribution in [1.82, 2.24) is 0 Å². The van der Waals surface area contributed by atoms with E-state index in [1.54, 1.807) is 36.2 Å². The first kappa shape index (κ1) is 16.5. The minimum atomic E-state index is -0.498. The van der Waals surface area contributed by atoms with Crippen LogP contribution in [0.25, 0.3) is 0 Å². The minimum absolute atomic E-state index is 0.0839. The number of nitrogens with zero attached hydrogens (tertiary/aromatic N) is 1. The first-order valence-electron chi connectivity index (χ1n) is 7.24. The molecule has 0 radical (unpaired) electrons. The van der Waals surface area contributed by atoms with Crippen LogP contribution < -0.4 is 15.4 Å². The molecule has 120 valence electrons. The largest absolute Gasteiger partial charge is 0.484 e. The molecule has 2 rings (SSSR count). The average Bonchev–Trinajstić information content (AvgIpc) is 2.51. The van der Waals surface area contributed by atoms with E-state index in [-0.39, 0.29) is 12.5 Å². The number of hydrogen-bond donors (Lipinski definition) is 1. The summed E-state index contributed by atoms with van der Waals surface area (Å²) < 4.78 is 5.46. The van der Waals surface area contributed by atoms with Crippen LogP contribution in [0.5, 0.6) is 5.75 Å². The number of nitrogens with two attached hydrogens (primary N) is 1. The summed E-state index contributed by atoms with van der Waals surface area (Å²) in [5, 5.41) is 0. The number of amides is 2. The first-order valence-corrected chi connectivity index (χ1v) is 7.24. The summed E-state index contributed by atoms with van der Waals surface area (Å²) in [5.41, 5.74) is 8.61. The molecule has 0 aliphatic rings. The summed E-state index contributed by atoms with van der Waals surface area (Å²) in [6.45, 7) is 3.90. The van der Waals surface area contributed by atoms with Crippen LogP contribution in [0.15, 0.2) is 42.5 Å². The van der Waals surface area contributed by atoms with E-state index >= 15 is 0 Å². The van der Waals surface area contributed by atoms with Crippen LogP contribution >= 0.6 is 0 Å². The number of hydrogen-bond acceptors (Lipinski definition) is 3. The zero-order valence-electron chi connectivity index (χ0n) is 13.5. The van der Waals surface area contributed by atoms with Crippen molar-refractivity contribution in [3.63, 3.8) is 0 Å². The molecule has 0 unspecified atom stereocenters. The van der Waals surface area contributed by atoms with Gasteiger partial charge in [-0.15, -0.1) is 0 Å². The highest BCUT2D eigenvalue weighted by atomic mass is 16.5. The summed E-state index contributed by atoms with van der Waals surface area (Å²) in [4.78, 5) is 24.8. The Morgan fingerprint density at radius 1 is 1.04 bits per heavy atom. The second-order valence-electron chi connectivity index (χ2n) is 5.48. The Bertz CT molecular complexity index is 703. The van der Waals surface area contributed by atoms with E-state index < -0.39 is 5.91 Å². The maximum absolute atomic E-state index is 12.2. The molecular weight excluding hydrogens is 292 g/mol. The molecule has 0 aliphatic carbocycles. The maximum atomic E-state index is 12.2. The Morgan fingerprint density at radius 2 is 1.61 bits per heavy atom. The molecule has 2 aromatic carbocycles. The molecule has 0 bridgehead atoms. The summed E-state index contributed by atoms with van der Waals surface area (Å²) >= 11 is 0. The Kier molecular flexibility index (Phi) is 5.01. The number of ether oxygens (including phenoxy) is 1. The molecule has 5 nitrogen and oxygen atoms in total. The number of benzene rings is 2. The SMILES string of the molecule is Cc1cc(C)cc(N(C)C(=O)COc2ccc(C(N)=O)cc2)c1. The lowest BCUT2D eigenvalue weighted by molar-refractivity contribution is -0.120. The Labute approximate surface area is 135 Å². The van der Waals surface area contributed by atoms with Gasteiger partial charge >= 0.3 is 0 Å². The van der Waals surface area contributed by atoms with Crippen LogP contribution in [0.4, 0.5) is 5.69 Å². The van der Waals surface area contributed by atoms with Crippen LogP contribution in [-0.2, 0) is 4.79 Å². The Morgan fingerprint density at radius 3 is 2.13 bits per heavy atom. The number of carbonyl (C=O) groups is 2.